The van der Waals surface area contributed by atoms with Crippen LogP contribution >= 0.6 is 11.3 Å². The van der Waals surface area contributed by atoms with Gasteiger partial charge in [0.05, 0.1) is 11.7 Å². The first-order valence-electron chi connectivity index (χ1n) is 10.4. The van der Waals surface area contributed by atoms with E-state index in [-0.39, 0.29) is 24.4 Å². The summed E-state index contributed by atoms with van der Waals surface area (Å²) in [6.45, 7) is 1.82. The predicted octanol–water partition coefficient (Wildman–Crippen LogP) is 4.63. The summed E-state index contributed by atoms with van der Waals surface area (Å²) in [5, 5.41) is 5.27. The van der Waals surface area contributed by atoms with Gasteiger partial charge in [-0.2, -0.15) is 0 Å². The van der Waals surface area contributed by atoms with Crippen molar-refractivity contribution in [3.8, 4) is 11.3 Å². The quantitative estimate of drug-likeness (QED) is 0.421. The Kier molecular flexibility index (Phi) is 6.75. The molecule has 4 aromatic rings. The van der Waals surface area contributed by atoms with Crippen molar-refractivity contribution < 1.29 is 9.59 Å². The fourth-order valence-electron chi connectivity index (χ4n) is 3.46. The Labute approximate surface area is 195 Å². The summed E-state index contributed by atoms with van der Waals surface area (Å²) in [7, 11) is 0. The molecule has 8 heteroatoms. The Balaban J connectivity index is 1.50. The van der Waals surface area contributed by atoms with Gasteiger partial charge in [-0.15, -0.1) is 11.3 Å². The van der Waals surface area contributed by atoms with Crippen molar-refractivity contribution in [2.45, 2.75) is 13.0 Å². The molecule has 3 N–H and O–H groups in total. The molecule has 0 bridgehead atoms. The van der Waals surface area contributed by atoms with Gasteiger partial charge in [0.1, 0.15) is 6.54 Å². The summed E-state index contributed by atoms with van der Waals surface area (Å²) in [5.41, 5.74) is 9.47. The third-order valence-corrected chi connectivity index (χ3v) is 5.91. The van der Waals surface area contributed by atoms with E-state index in [0.29, 0.717) is 16.4 Å². The van der Waals surface area contributed by atoms with E-state index >= 15 is 0 Å². The molecule has 0 aliphatic rings. The number of nitrogens with zero attached hydrogens (tertiary/aromatic N) is 3. The first-order chi connectivity index (χ1) is 16.0. The van der Waals surface area contributed by atoms with Crippen LogP contribution in [0.1, 0.15) is 28.9 Å². The van der Waals surface area contributed by atoms with Crippen molar-refractivity contribution in [1.82, 2.24) is 14.9 Å². The molecule has 7 nitrogen and oxygen atoms in total. The Bertz CT molecular complexity index is 1230. The van der Waals surface area contributed by atoms with Gasteiger partial charge in [0.25, 0.3) is 5.91 Å². The summed E-state index contributed by atoms with van der Waals surface area (Å²) in [6, 6.07) is 20.0. The number of nitrogens with one attached hydrogen (secondary N) is 1. The SMILES string of the molecule is C[C@@H](c1ccccc1)N(CC(=O)Nc1ccc(-c2csc(N)n2)cc1)C(=O)c1ccncc1. The normalized spacial score (nSPS) is 11.5. The van der Waals surface area contributed by atoms with Gasteiger partial charge in [0.2, 0.25) is 5.91 Å². The molecule has 0 unspecified atom stereocenters. The highest BCUT2D eigenvalue weighted by molar-refractivity contribution is 7.13. The van der Waals surface area contributed by atoms with Crippen LogP contribution in [0.25, 0.3) is 11.3 Å². The van der Waals surface area contributed by atoms with Crippen molar-refractivity contribution in [3.63, 3.8) is 0 Å². The molecule has 0 saturated heterocycles. The zero-order chi connectivity index (χ0) is 23.2. The monoisotopic (exact) mass is 457 g/mol. The van der Waals surface area contributed by atoms with Gasteiger partial charge in [-0.25, -0.2) is 4.98 Å². The van der Waals surface area contributed by atoms with Crippen LogP contribution in [-0.2, 0) is 4.79 Å². The molecule has 2 aromatic heterocycles. The number of carbonyl (C=O) groups excluding carboxylic acids is 2. The molecular weight excluding hydrogens is 434 g/mol. The zero-order valence-electron chi connectivity index (χ0n) is 18.0. The summed E-state index contributed by atoms with van der Waals surface area (Å²) in [5.74, 6) is -0.522. The third-order valence-electron chi connectivity index (χ3n) is 5.24. The second kappa shape index (κ2) is 10.1. The molecule has 4 rings (SSSR count). The molecular formula is C25H23N5O2S. The number of benzene rings is 2. The molecule has 0 fully saturated rings. The lowest BCUT2D eigenvalue weighted by Crippen LogP contribution is -2.39. The van der Waals surface area contributed by atoms with Gasteiger partial charge < -0.3 is 16.0 Å². The maximum absolute atomic E-state index is 13.3. The third kappa shape index (κ3) is 5.42. The zero-order valence-corrected chi connectivity index (χ0v) is 18.8. The molecule has 2 heterocycles. The number of thiazole rings is 1. The standard InChI is InChI=1S/C25H23N5O2S/c1-17(18-5-3-2-4-6-18)30(24(32)20-11-13-27-14-12-20)15-23(31)28-21-9-7-19(8-10-21)22-16-33-25(26)29-22/h2-14,16-17H,15H2,1H3,(H2,26,29)(H,28,31)/t17-/m0/s1. The smallest absolute Gasteiger partial charge is 0.254 e. The topological polar surface area (TPSA) is 101 Å². The number of anilines is 2. The maximum atomic E-state index is 13.3. The number of aromatic nitrogens is 2. The fraction of sp³-hybridized carbons (Fsp3) is 0.120. The minimum atomic E-state index is -0.296. The molecule has 1 atom stereocenters. The number of nitrogen functional groups attached to an aromatic ring is 1. The Morgan fingerprint density at radius 3 is 2.36 bits per heavy atom. The van der Waals surface area contributed by atoms with Gasteiger partial charge in [-0.1, -0.05) is 42.5 Å². The van der Waals surface area contributed by atoms with Gasteiger partial charge in [0.15, 0.2) is 5.13 Å². The van der Waals surface area contributed by atoms with Crippen molar-refractivity contribution in [2.24, 2.45) is 0 Å². The van der Waals surface area contributed by atoms with E-state index in [1.807, 2.05) is 54.8 Å². The van der Waals surface area contributed by atoms with Crippen molar-refractivity contribution in [3.05, 3.63) is 95.6 Å². The highest BCUT2D eigenvalue weighted by Crippen LogP contribution is 2.25. The molecule has 166 valence electrons. The lowest BCUT2D eigenvalue weighted by atomic mass is 10.1. The summed E-state index contributed by atoms with van der Waals surface area (Å²) in [4.78, 5) is 36.0. The van der Waals surface area contributed by atoms with Crippen molar-refractivity contribution in [2.75, 3.05) is 17.6 Å². The molecule has 2 amide bonds. The second-order valence-electron chi connectivity index (χ2n) is 7.45. The van der Waals surface area contributed by atoms with Crippen LogP contribution in [0, 0.1) is 0 Å². The minimum Gasteiger partial charge on any atom is -0.375 e. The molecule has 33 heavy (non-hydrogen) atoms. The van der Waals surface area contributed by atoms with Gasteiger partial charge in [-0.05, 0) is 36.8 Å². The lowest BCUT2D eigenvalue weighted by molar-refractivity contribution is -0.117. The number of carbonyl (C=O) groups is 2. The van der Waals surface area contributed by atoms with Gasteiger partial charge in [-0.3, -0.25) is 14.6 Å². The minimum absolute atomic E-state index is 0.0956. The van der Waals surface area contributed by atoms with Gasteiger partial charge >= 0.3 is 0 Å². The number of rotatable bonds is 7. The maximum Gasteiger partial charge on any atom is 0.254 e. The van der Waals surface area contributed by atoms with Crippen molar-refractivity contribution in [1.29, 1.82) is 0 Å². The Hall–Kier alpha value is -4.04. The fourth-order valence-corrected chi connectivity index (χ4v) is 4.03. The Morgan fingerprint density at radius 2 is 1.73 bits per heavy atom. The summed E-state index contributed by atoms with van der Waals surface area (Å²) < 4.78 is 0. The number of hydrogen-bond donors (Lipinski definition) is 2. The van der Waals surface area contributed by atoms with E-state index < -0.39 is 0 Å². The van der Waals surface area contributed by atoms with Crippen LogP contribution in [0.4, 0.5) is 10.8 Å². The second-order valence-corrected chi connectivity index (χ2v) is 8.34. The van der Waals surface area contributed by atoms with Crippen LogP contribution in [0.5, 0.6) is 0 Å². The van der Waals surface area contributed by atoms with E-state index in [0.717, 1.165) is 16.8 Å². The van der Waals surface area contributed by atoms with Crippen molar-refractivity contribution >= 4 is 34.0 Å². The van der Waals surface area contributed by atoms with E-state index in [9.17, 15) is 9.59 Å². The van der Waals surface area contributed by atoms with E-state index in [1.165, 1.54) is 11.3 Å². The van der Waals surface area contributed by atoms with E-state index in [2.05, 4.69) is 15.3 Å². The van der Waals surface area contributed by atoms with Crippen LogP contribution in [-0.4, -0.2) is 33.2 Å². The average Bonchev–Trinajstić information content (AvgIpc) is 3.29. The van der Waals surface area contributed by atoms with E-state index in [1.54, 1.807) is 41.6 Å². The summed E-state index contributed by atoms with van der Waals surface area (Å²) >= 11 is 1.38. The first-order valence-corrected chi connectivity index (χ1v) is 11.3. The molecule has 0 aliphatic heterocycles. The number of amides is 2. The first kappa shape index (κ1) is 22.2. The lowest BCUT2D eigenvalue weighted by Gasteiger charge is -2.29. The van der Waals surface area contributed by atoms with Crippen LogP contribution < -0.4 is 11.1 Å². The van der Waals surface area contributed by atoms with Crippen LogP contribution in [0.2, 0.25) is 0 Å². The molecule has 2 aromatic carbocycles. The number of nitrogens with two attached hydrogens (primary N) is 1. The molecule has 0 spiro atoms. The molecule has 0 aliphatic carbocycles. The number of pyridine rings is 1. The number of hydrogen-bond acceptors (Lipinski definition) is 6. The van der Waals surface area contributed by atoms with Gasteiger partial charge in [0, 0.05) is 34.6 Å². The highest BCUT2D eigenvalue weighted by Gasteiger charge is 2.25. The van der Waals surface area contributed by atoms with E-state index in [4.69, 9.17) is 5.73 Å². The molecule has 0 radical (unpaired) electrons. The Morgan fingerprint density at radius 1 is 1.03 bits per heavy atom. The largest absolute Gasteiger partial charge is 0.375 e. The van der Waals surface area contributed by atoms with Crippen LogP contribution in [0.3, 0.4) is 0 Å². The average molecular weight is 458 g/mol. The van der Waals surface area contributed by atoms with Crippen LogP contribution in [0.15, 0.2) is 84.5 Å². The summed E-state index contributed by atoms with van der Waals surface area (Å²) in [6.07, 6.45) is 3.13. The molecule has 0 saturated carbocycles. The predicted molar refractivity (Wildman–Crippen MR) is 131 cm³/mol. The highest BCUT2D eigenvalue weighted by atomic mass is 32.1.